The lowest BCUT2D eigenvalue weighted by Gasteiger charge is -2.18. The monoisotopic (exact) mass is 853 g/mol. The highest BCUT2D eigenvalue weighted by Crippen LogP contribution is 2.14. The van der Waals surface area contributed by atoms with Crippen molar-refractivity contribution in [3.8, 4) is 0 Å². The number of carbonyl (C=O) groups is 3. The van der Waals surface area contributed by atoms with E-state index >= 15 is 0 Å². The van der Waals surface area contributed by atoms with Crippen molar-refractivity contribution in [1.29, 1.82) is 0 Å². The third kappa shape index (κ3) is 48.0. The Kier molecular flexibility index (Phi) is 47.4. The molecule has 0 aliphatic heterocycles. The Balaban J connectivity index is 4.25. The molecule has 0 aromatic carbocycles. The molecule has 0 spiro atoms. The van der Waals surface area contributed by atoms with Crippen LogP contribution in [0.4, 0.5) is 0 Å². The molecule has 0 saturated carbocycles. The molecule has 0 saturated heterocycles. The average molecular weight is 853 g/mol. The van der Waals surface area contributed by atoms with Gasteiger partial charge >= 0.3 is 17.9 Å². The second-order valence-electron chi connectivity index (χ2n) is 17.1. The fourth-order valence-corrected chi connectivity index (χ4v) is 7.13. The van der Waals surface area contributed by atoms with Crippen molar-refractivity contribution in [1.82, 2.24) is 0 Å². The Morgan fingerprint density at radius 2 is 0.639 bits per heavy atom. The molecule has 1 atom stereocenters. The van der Waals surface area contributed by atoms with E-state index in [4.69, 9.17) is 14.2 Å². The van der Waals surface area contributed by atoms with Gasteiger partial charge in [-0.2, -0.15) is 0 Å². The molecule has 0 heterocycles. The third-order valence-electron chi connectivity index (χ3n) is 11.0. The molecule has 0 amide bonds. The summed E-state index contributed by atoms with van der Waals surface area (Å²) in [6.45, 7) is 6.46. The molecule has 0 fully saturated rings. The first-order valence-corrected chi connectivity index (χ1v) is 25.8. The number of unbranched alkanes of at least 4 members (excludes halogenated alkanes) is 25. The Hall–Kier alpha value is -2.89. The van der Waals surface area contributed by atoms with Crippen molar-refractivity contribution in [3.63, 3.8) is 0 Å². The molecule has 0 aliphatic carbocycles. The number of ether oxygens (including phenoxy) is 3. The Morgan fingerprint density at radius 1 is 0.344 bits per heavy atom. The summed E-state index contributed by atoms with van der Waals surface area (Å²) in [6, 6.07) is 0. The van der Waals surface area contributed by atoms with Crippen molar-refractivity contribution in [3.05, 3.63) is 60.8 Å². The summed E-state index contributed by atoms with van der Waals surface area (Å²) in [4.78, 5) is 37.8. The maximum absolute atomic E-state index is 12.7. The second kappa shape index (κ2) is 49.8. The van der Waals surface area contributed by atoms with Crippen molar-refractivity contribution < 1.29 is 28.6 Å². The van der Waals surface area contributed by atoms with E-state index in [-0.39, 0.29) is 31.1 Å². The summed E-state index contributed by atoms with van der Waals surface area (Å²) in [6.07, 6.45) is 60.8. The van der Waals surface area contributed by atoms with Gasteiger partial charge in [-0.1, -0.05) is 210 Å². The van der Waals surface area contributed by atoms with E-state index in [9.17, 15) is 14.4 Å². The summed E-state index contributed by atoms with van der Waals surface area (Å²) in [5.74, 6) is -0.907. The van der Waals surface area contributed by atoms with Crippen LogP contribution in [-0.4, -0.2) is 37.2 Å². The van der Waals surface area contributed by atoms with Crippen molar-refractivity contribution >= 4 is 17.9 Å². The van der Waals surface area contributed by atoms with Gasteiger partial charge in [0.05, 0.1) is 0 Å². The van der Waals surface area contributed by atoms with Crippen LogP contribution in [-0.2, 0) is 28.6 Å². The SMILES string of the molecule is CC/C=C\C/C=C\C/C=C\CCCCCCCC(=O)OC(COC(=O)CCCCCCCCC)COC(=O)CCCCCCCCCCC/C=C\C/C=C\CCCCCCC. The van der Waals surface area contributed by atoms with Gasteiger partial charge in [-0.05, 0) is 83.5 Å². The molecular formula is C55H96O6. The minimum absolute atomic E-state index is 0.0821. The maximum Gasteiger partial charge on any atom is 0.306 e. The molecule has 0 radical (unpaired) electrons. The van der Waals surface area contributed by atoms with Crippen LogP contribution in [0.3, 0.4) is 0 Å². The van der Waals surface area contributed by atoms with E-state index in [1.165, 1.54) is 109 Å². The molecule has 1 unspecified atom stereocenters. The minimum atomic E-state index is -0.781. The van der Waals surface area contributed by atoms with Gasteiger partial charge in [-0.15, -0.1) is 0 Å². The molecule has 0 N–H and O–H groups in total. The molecule has 0 aromatic heterocycles. The number of hydrogen-bond acceptors (Lipinski definition) is 6. The molecule has 6 heteroatoms. The molecule has 61 heavy (non-hydrogen) atoms. The molecular weight excluding hydrogens is 757 g/mol. The first-order chi connectivity index (χ1) is 30.0. The van der Waals surface area contributed by atoms with E-state index < -0.39 is 6.10 Å². The van der Waals surface area contributed by atoms with E-state index in [1.54, 1.807) is 0 Å². The fraction of sp³-hybridized carbons (Fsp3) is 0.764. The van der Waals surface area contributed by atoms with E-state index in [0.29, 0.717) is 19.3 Å². The van der Waals surface area contributed by atoms with Crippen molar-refractivity contribution in [2.75, 3.05) is 13.2 Å². The molecule has 0 aromatic rings. The first-order valence-electron chi connectivity index (χ1n) is 25.8. The highest BCUT2D eigenvalue weighted by atomic mass is 16.6. The number of hydrogen-bond donors (Lipinski definition) is 0. The number of allylic oxidation sites excluding steroid dienone is 10. The van der Waals surface area contributed by atoms with Crippen molar-refractivity contribution in [2.45, 2.75) is 258 Å². The standard InChI is InChI=1S/C55H96O6/c1-4-7-10-13-16-18-20-22-24-25-26-27-28-29-31-32-34-36-39-42-45-48-54(57)60-51-52(50-59-53(56)47-44-41-38-15-12-9-6-3)61-55(58)49-46-43-40-37-35-33-30-23-21-19-17-14-11-8-5-2/h8,11,17,19-20,22-23,25-26,30,52H,4-7,9-10,12-16,18,21,24,27-29,31-51H2,1-3H3/b11-8-,19-17-,22-20-,26-25-,30-23-. The van der Waals surface area contributed by atoms with Gasteiger partial charge in [0, 0.05) is 19.3 Å². The van der Waals surface area contributed by atoms with Crippen LogP contribution >= 0.6 is 0 Å². The largest absolute Gasteiger partial charge is 0.462 e. The lowest BCUT2D eigenvalue weighted by molar-refractivity contribution is -0.167. The normalized spacial score (nSPS) is 12.5. The van der Waals surface area contributed by atoms with Crippen LogP contribution in [0.5, 0.6) is 0 Å². The zero-order valence-electron chi connectivity index (χ0n) is 40.2. The average Bonchev–Trinajstić information content (AvgIpc) is 3.26. The van der Waals surface area contributed by atoms with Crippen LogP contribution in [0.15, 0.2) is 60.8 Å². The summed E-state index contributed by atoms with van der Waals surface area (Å²) in [5, 5.41) is 0. The second-order valence-corrected chi connectivity index (χ2v) is 17.1. The van der Waals surface area contributed by atoms with Gasteiger partial charge in [0.1, 0.15) is 13.2 Å². The zero-order chi connectivity index (χ0) is 44.4. The van der Waals surface area contributed by atoms with E-state index in [2.05, 4.69) is 81.5 Å². The van der Waals surface area contributed by atoms with Crippen LogP contribution < -0.4 is 0 Å². The van der Waals surface area contributed by atoms with Crippen LogP contribution in [0.25, 0.3) is 0 Å². The fourth-order valence-electron chi connectivity index (χ4n) is 7.13. The van der Waals surface area contributed by atoms with Crippen LogP contribution in [0, 0.1) is 0 Å². The smallest absolute Gasteiger partial charge is 0.306 e. The first kappa shape index (κ1) is 58.1. The lowest BCUT2D eigenvalue weighted by atomic mass is 10.1. The summed E-state index contributed by atoms with van der Waals surface area (Å²) >= 11 is 0. The van der Waals surface area contributed by atoms with Gasteiger partial charge < -0.3 is 14.2 Å². The van der Waals surface area contributed by atoms with Gasteiger partial charge in [-0.25, -0.2) is 0 Å². The zero-order valence-corrected chi connectivity index (χ0v) is 40.2. The molecule has 0 aliphatic rings. The van der Waals surface area contributed by atoms with Crippen LogP contribution in [0.2, 0.25) is 0 Å². The highest BCUT2D eigenvalue weighted by Gasteiger charge is 2.19. The Labute approximate surface area is 377 Å². The third-order valence-corrected chi connectivity index (χ3v) is 11.0. The van der Waals surface area contributed by atoms with Gasteiger partial charge in [0.15, 0.2) is 6.10 Å². The lowest BCUT2D eigenvalue weighted by Crippen LogP contribution is -2.30. The highest BCUT2D eigenvalue weighted by molar-refractivity contribution is 5.71. The number of rotatable bonds is 46. The molecule has 352 valence electrons. The van der Waals surface area contributed by atoms with Crippen molar-refractivity contribution in [2.24, 2.45) is 0 Å². The number of esters is 3. The maximum atomic E-state index is 12.7. The summed E-state index contributed by atoms with van der Waals surface area (Å²) in [7, 11) is 0. The van der Waals surface area contributed by atoms with Gasteiger partial charge in [0.25, 0.3) is 0 Å². The van der Waals surface area contributed by atoms with Gasteiger partial charge in [0.2, 0.25) is 0 Å². The van der Waals surface area contributed by atoms with Gasteiger partial charge in [-0.3, -0.25) is 14.4 Å². The quantitative estimate of drug-likeness (QED) is 0.0263. The summed E-state index contributed by atoms with van der Waals surface area (Å²) < 4.78 is 16.7. The van der Waals surface area contributed by atoms with E-state index in [1.807, 2.05) is 0 Å². The Bertz CT molecular complexity index is 1120. The molecule has 0 bridgehead atoms. The molecule has 0 rings (SSSR count). The molecule has 6 nitrogen and oxygen atoms in total. The predicted octanol–water partition coefficient (Wildman–Crippen LogP) is 16.9. The minimum Gasteiger partial charge on any atom is -0.462 e. The van der Waals surface area contributed by atoms with Crippen LogP contribution in [0.1, 0.15) is 252 Å². The van der Waals surface area contributed by atoms with E-state index in [0.717, 1.165) is 103 Å². The number of carbonyl (C=O) groups excluding carboxylic acids is 3. The predicted molar refractivity (Wildman–Crippen MR) is 261 cm³/mol. The summed E-state index contributed by atoms with van der Waals surface area (Å²) in [5.41, 5.74) is 0. The Morgan fingerprint density at radius 3 is 1.00 bits per heavy atom. The topological polar surface area (TPSA) is 78.9 Å².